The summed E-state index contributed by atoms with van der Waals surface area (Å²) in [5.41, 5.74) is 5.15. The maximum Gasteiger partial charge on any atom is 0.243 e. The van der Waals surface area contributed by atoms with E-state index in [9.17, 15) is 14.0 Å². The summed E-state index contributed by atoms with van der Waals surface area (Å²) in [6.07, 6.45) is 5.54. The number of aryl methyl sites for hydroxylation is 1. The van der Waals surface area contributed by atoms with Gasteiger partial charge < -0.3 is 15.5 Å². The number of rotatable bonds is 7. The second kappa shape index (κ2) is 11.3. The molecular weight excluding hydrogens is 507 g/mol. The van der Waals surface area contributed by atoms with Crippen LogP contribution in [0.3, 0.4) is 0 Å². The summed E-state index contributed by atoms with van der Waals surface area (Å²) in [5.74, 6) is -0.104. The van der Waals surface area contributed by atoms with E-state index in [0.717, 1.165) is 41.9 Å². The van der Waals surface area contributed by atoms with Crippen LogP contribution in [0.25, 0.3) is 6.08 Å². The fraction of sp³-hybridized carbons (Fsp3) is 0.419. The van der Waals surface area contributed by atoms with Crippen LogP contribution in [0.4, 0.5) is 4.39 Å². The largest absolute Gasteiger partial charge is 0.351 e. The highest BCUT2D eigenvalue weighted by Crippen LogP contribution is 2.31. The molecule has 2 aromatic carbocycles. The van der Waals surface area contributed by atoms with Crippen LogP contribution in [-0.4, -0.2) is 63.4 Å². The number of fused-ring (bicyclic) bond motifs is 1. The first-order chi connectivity index (χ1) is 19.4. The topological polar surface area (TPSA) is 92.2 Å². The van der Waals surface area contributed by atoms with Gasteiger partial charge in [-0.2, -0.15) is 0 Å². The lowest BCUT2D eigenvalue weighted by molar-refractivity contribution is -0.139. The van der Waals surface area contributed by atoms with Crippen molar-refractivity contribution in [2.24, 2.45) is 13.0 Å². The molecule has 208 valence electrons. The Morgan fingerprint density at radius 2 is 1.95 bits per heavy atom. The van der Waals surface area contributed by atoms with Crippen molar-refractivity contribution < 1.29 is 14.0 Å². The Hall–Kier alpha value is -3.85. The van der Waals surface area contributed by atoms with Crippen LogP contribution < -0.4 is 10.6 Å². The van der Waals surface area contributed by atoms with Crippen LogP contribution in [0.1, 0.15) is 47.7 Å². The van der Waals surface area contributed by atoms with Crippen LogP contribution in [-0.2, 0) is 29.5 Å². The number of hydrogen-bond donors (Lipinski definition) is 2. The molecule has 3 aromatic rings. The van der Waals surface area contributed by atoms with Crippen molar-refractivity contribution in [3.05, 3.63) is 88.5 Å². The molecule has 3 aliphatic rings. The third kappa shape index (κ3) is 5.56. The van der Waals surface area contributed by atoms with Crippen molar-refractivity contribution in [3.8, 4) is 0 Å². The number of likely N-dealkylation sites (tertiary alicyclic amines) is 1. The Kier molecular flexibility index (Phi) is 7.47. The molecule has 6 rings (SSSR count). The Bertz CT molecular complexity index is 1420. The molecule has 9 heteroatoms. The van der Waals surface area contributed by atoms with E-state index in [2.05, 4.69) is 33.1 Å². The van der Waals surface area contributed by atoms with Gasteiger partial charge in [0.1, 0.15) is 17.6 Å². The normalized spacial score (nSPS) is 24.1. The van der Waals surface area contributed by atoms with E-state index in [4.69, 9.17) is 0 Å². The maximum absolute atomic E-state index is 13.9. The summed E-state index contributed by atoms with van der Waals surface area (Å²) in [6.45, 7) is 1.63. The zero-order chi connectivity index (χ0) is 27.6. The molecule has 2 saturated heterocycles. The predicted octanol–water partition coefficient (Wildman–Crippen LogP) is 3.01. The molecule has 0 saturated carbocycles. The van der Waals surface area contributed by atoms with Crippen LogP contribution in [0.5, 0.6) is 0 Å². The zero-order valence-corrected chi connectivity index (χ0v) is 22.7. The fourth-order valence-electron chi connectivity index (χ4n) is 6.46. The summed E-state index contributed by atoms with van der Waals surface area (Å²) >= 11 is 0. The summed E-state index contributed by atoms with van der Waals surface area (Å²) in [7, 11) is 1.89. The van der Waals surface area contributed by atoms with Crippen LogP contribution >= 0.6 is 0 Å². The summed E-state index contributed by atoms with van der Waals surface area (Å²) in [5, 5.41) is 14.8. The Morgan fingerprint density at radius 3 is 2.77 bits per heavy atom. The molecule has 8 nitrogen and oxygen atoms in total. The minimum atomic E-state index is -0.556. The highest BCUT2D eigenvalue weighted by molar-refractivity contribution is 5.91. The average molecular weight is 543 g/mol. The number of nitrogens with zero attached hydrogens (tertiary/aromatic N) is 4. The molecule has 2 amide bonds. The number of benzene rings is 2. The lowest BCUT2D eigenvalue weighted by Gasteiger charge is -2.27. The van der Waals surface area contributed by atoms with E-state index in [0.29, 0.717) is 32.4 Å². The van der Waals surface area contributed by atoms with E-state index in [1.165, 1.54) is 11.6 Å². The molecule has 0 bridgehead atoms. The molecule has 4 unspecified atom stereocenters. The molecule has 2 fully saturated rings. The van der Waals surface area contributed by atoms with Gasteiger partial charge in [-0.1, -0.05) is 47.7 Å². The van der Waals surface area contributed by atoms with Gasteiger partial charge >= 0.3 is 0 Å². The Balaban J connectivity index is 1.15. The average Bonchev–Trinajstić information content (AvgIpc) is 3.71. The van der Waals surface area contributed by atoms with E-state index < -0.39 is 6.04 Å². The lowest BCUT2D eigenvalue weighted by Crippen LogP contribution is -2.51. The molecule has 2 N–H and O–H groups in total. The SMILES string of the molecule is Cn1nnc2c1CCC(CNC(=O)C1CC(Cc3cccc(F)c3)CN1C(=O)C1CC(c3ccccc3)CN1)=C2. The molecule has 4 atom stereocenters. The maximum atomic E-state index is 13.9. The van der Waals surface area contributed by atoms with E-state index in [1.807, 2.05) is 37.4 Å². The number of nitrogens with one attached hydrogen (secondary N) is 2. The molecule has 2 aliphatic heterocycles. The monoisotopic (exact) mass is 542 g/mol. The quantitative estimate of drug-likeness (QED) is 0.479. The number of carbonyl (C=O) groups is 2. The molecule has 0 radical (unpaired) electrons. The summed E-state index contributed by atoms with van der Waals surface area (Å²) in [6, 6.07) is 15.9. The fourth-order valence-corrected chi connectivity index (χ4v) is 6.46. The van der Waals surface area contributed by atoms with Crippen LogP contribution in [0.15, 0.2) is 60.2 Å². The van der Waals surface area contributed by atoms with E-state index in [-0.39, 0.29) is 35.5 Å². The molecule has 1 aliphatic carbocycles. The molecule has 1 aromatic heterocycles. The van der Waals surface area contributed by atoms with Crippen molar-refractivity contribution in [1.29, 1.82) is 0 Å². The molecule has 0 spiro atoms. The molecule has 40 heavy (non-hydrogen) atoms. The van der Waals surface area contributed by atoms with Gasteiger partial charge in [0, 0.05) is 26.7 Å². The van der Waals surface area contributed by atoms with Crippen molar-refractivity contribution in [3.63, 3.8) is 0 Å². The standard InChI is InChI=1S/C31H35FN6O2/c1-37-28-11-10-21(14-26(28)35-36-37)17-34-30(39)29-15-22(12-20-6-5-9-25(32)13-20)19-38(29)31(40)27-16-24(18-33-27)23-7-3-2-4-8-23/h2-9,13-14,22,24,27,29,33H,10-12,15-19H2,1H3,(H,34,39). The van der Waals surface area contributed by atoms with Crippen LogP contribution in [0.2, 0.25) is 0 Å². The number of halogens is 1. The first-order valence-electron chi connectivity index (χ1n) is 14.1. The van der Waals surface area contributed by atoms with Crippen molar-refractivity contribution in [2.75, 3.05) is 19.6 Å². The molecular formula is C31H35FN6O2. The number of aromatic nitrogens is 3. The minimum Gasteiger partial charge on any atom is -0.351 e. The summed E-state index contributed by atoms with van der Waals surface area (Å²) in [4.78, 5) is 29.2. The van der Waals surface area contributed by atoms with Gasteiger partial charge in [-0.05, 0) is 78.8 Å². The smallest absolute Gasteiger partial charge is 0.243 e. The van der Waals surface area contributed by atoms with E-state index in [1.54, 1.807) is 21.7 Å². The zero-order valence-electron chi connectivity index (χ0n) is 22.7. The highest BCUT2D eigenvalue weighted by Gasteiger charge is 2.43. The highest BCUT2D eigenvalue weighted by atomic mass is 19.1. The van der Waals surface area contributed by atoms with Gasteiger partial charge in [-0.3, -0.25) is 14.3 Å². The minimum absolute atomic E-state index is 0.0265. The Morgan fingerprint density at radius 1 is 1.10 bits per heavy atom. The first kappa shape index (κ1) is 26.4. The van der Waals surface area contributed by atoms with Gasteiger partial charge in [-0.15, -0.1) is 5.10 Å². The number of carbonyl (C=O) groups excluding carboxylic acids is 2. The van der Waals surface area contributed by atoms with E-state index >= 15 is 0 Å². The first-order valence-corrected chi connectivity index (χ1v) is 14.1. The van der Waals surface area contributed by atoms with Gasteiger partial charge in [0.15, 0.2) is 0 Å². The van der Waals surface area contributed by atoms with Crippen LogP contribution in [0, 0.1) is 11.7 Å². The number of hydrogen-bond acceptors (Lipinski definition) is 5. The van der Waals surface area contributed by atoms with Gasteiger partial charge in [0.25, 0.3) is 0 Å². The second-order valence-corrected chi connectivity index (χ2v) is 11.3. The lowest BCUT2D eigenvalue weighted by atomic mass is 9.96. The predicted molar refractivity (Wildman–Crippen MR) is 150 cm³/mol. The van der Waals surface area contributed by atoms with Gasteiger partial charge in [-0.25, -0.2) is 4.39 Å². The van der Waals surface area contributed by atoms with Gasteiger partial charge in [0.05, 0.1) is 11.7 Å². The third-order valence-corrected chi connectivity index (χ3v) is 8.57. The second-order valence-electron chi connectivity index (χ2n) is 11.3. The Labute approximate surface area is 233 Å². The third-order valence-electron chi connectivity index (χ3n) is 8.57. The molecule has 3 heterocycles. The van der Waals surface area contributed by atoms with Crippen molar-refractivity contribution in [1.82, 2.24) is 30.5 Å². The van der Waals surface area contributed by atoms with Gasteiger partial charge in [0.2, 0.25) is 11.8 Å². The van der Waals surface area contributed by atoms with Crippen molar-refractivity contribution >= 4 is 17.9 Å². The van der Waals surface area contributed by atoms with Crippen molar-refractivity contribution in [2.45, 2.75) is 50.1 Å². The summed E-state index contributed by atoms with van der Waals surface area (Å²) < 4.78 is 15.6. The number of amides is 2.